The van der Waals surface area contributed by atoms with Gasteiger partial charge in [-0.2, -0.15) is 0 Å². The molecule has 3 aromatic rings. The number of likely N-dealkylation sites (tertiary alicyclic amines) is 1. The third-order valence-corrected chi connectivity index (χ3v) is 6.87. The van der Waals surface area contributed by atoms with Crippen LogP contribution in [0.2, 0.25) is 5.02 Å². The van der Waals surface area contributed by atoms with Crippen molar-refractivity contribution in [3.05, 3.63) is 59.6 Å². The molecule has 1 saturated heterocycles. The number of hydrogen-bond acceptors (Lipinski definition) is 5. The average molecular weight is 470 g/mol. The van der Waals surface area contributed by atoms with E-state index in [1.165, 1.54) is 11.8 Å². The van der Waals surface area contributed by atoms with Crippen molar-refractivity contribution in [1.82, 2.24) is 19.7 Å². The van der Waals surface area contributed by atoms with Crippen LogP contribution in [0.3, 0.4) is 0 Å². The van der Waals surface area contributed by atoms with E-state index in [4.69, 9.17) is 17.3 Å². The van der Waals surface area contributed by atoms with Crippen molar-refractivity contribution in [1.29, 1.82) is 0 Å². The van der Waals surface area contributed by atoms with Gasteiger partial charge in [-0.1, -0.05) is 41.6 Å². The van der Waals surface area contributed by atoms with Gasteiger partial charge in [-0.3, -0.25) is 14.2 Å². The Labute approximate surface area is 196 Å². The predicted molar refractivity (Wildman–Crippen MR) is 126 cm³/mol. The van der Waals surface area contributed by atoms with Gasteiger partial charge < -0.3 is 10.6 Å². The summed E-state index contributed by atoms with van der Waals surface area (Å²) >= 11 is 7.42. The fourth-order valence-corrected chi connectivity index (χ4v) is 4.87. The van der Waals surface area contributed by atoms with Crippen LogP contribution in [0.5, 0.6) is 0 Å². The molecular formula is C23H24ClN5O2S. The van der Waals surface area contributed by atoms with Crippen LogP contribution in [-0.4, -0.2) is 49.8 Å². The van der Waals surface area contributed by atoms with Crippen LogP contribution in [0, 0.1) is 5.92 Å². The van der Waals surface area contributed by atoms with Crippen molar-refractivity contribution < 1.29 is 9.59 Å². The first kappa shape index (κ1) is 22.4. The average Bonchev–Trinajstić information content (AvgIpc) is 3.23. The van der Waals surface area contributed by atoms with Gasteiger partial charge in [0.2, 0.25) is 11.8 Å². The highest BCUT2D eigenvalue weighted by Gasteiger charge is 2.30. The summed E-state index contributed by atoms with van der Waals surface area (Å²) in [4.78, 5) is 26.3. The lowest BCUT2D eigenvalue weighted by Crippen LogP contribution is -2.44. The molecule has 2 N–H and O–H groups in total. The Bertz CT molecular complexity index is 1100. The Morgan fingerprint density at radius 1 is 1.06 bits per heavy atom. The van der Waals surface area contributed by atoms with E-state index in [1.54, 1.807) is 4.90 Å². The zero-order chi connectivity index (χ0) is 22.7. The lowest BCUT2D eigenvalue weighted by Gasteiger charge is -2.32. The molecule has 2 amide bonds. The number of rotatable bonds is 6. The number of primary amides is 1. The van der Waals surface area contributed by atoms with Crippen molar-refractivity contribution in [3.63, 3.8) is 0 Å². The molecule has 2 heterocycles. The molecule has 1 unspecified atom stereocenters. The standard InChI is InChI=1S/C23H24ClN5O2S/c1-15(22(31)28-13-11-16(12-14-28)20(25)30)32-23-27-26-21(17-7-9-18(24)10-8-17)29(23)19-5-3-2-4-6-19/h2-10,15-16H,11-14H2,1H3,(H2,25,30). The van der Waals surface area contributed by atoms with Crippen LogP contribution in [-0.2, 0) is 9.59 Å². The number of para-hydroxylation sites is 1. The molecule has 4 rings (SSSR count). The summed E-state index contributed by atoms with van der Waals surface area (Å²) in [7, 11) is 0. The third kappa shape index (κ3) is 4.81. The predicted octanol–water partition coefficient (Wildman–Crippen LogP) is 3.79. The SMILES string of the molecule is CC(Sc1nnc(-c2ccc(Cl)cc2)n1-c1ccccc1)C(=O)N1CCC(C(N)=O)CC1. The van der Waals surface area contributed by atoms with E-state index >= 15 is 0 Å². The van der Waals surface area contributed by atoms with Gasteiger partial charge in [0, 0.05) is 35.3 Å². The Morgan fingerprint density at radius 3 is 2.34 bits per heavy atom. The van der Waals surface area contributed by atoms with Crippen molar-refractivity contribution in [3.8, 4) is 17.1 Å². The summed E-state index contributed by atoms with van der Waals surface area (Å²) in [5, 5.41) is 9.75. The van der Waals surface area contributed by atoms with Crippen LogP contribution in [0.25, 0.3) is 17.1 Å². The molecule has 7 nitrogen and oxygen atoms in total. The number of halogens is 1. The Kier molecular flexibility index (Phi) is 6.81. The molecule has 1 aliphatic heterocycles. The van der Waals surface area contributed by atoms with E-state index in [9.17, 15) is 9.59 Å². The quantitative estimate of drug-likeness (QED) is 0.554. The van der Waals surface area contributed by atoms with Crippen LogP contribution >= 0.6 is 23.4 Å². The van der Waals surface area contributed by atoms with Gasteiger partial charge in [-0.05, 0) is 56.2 Å². The van der Waals surface area contributed by atoms with Crippen molar-refractivity contribution in [2.24, 2.45) is 11.7 Å². The molecular weight excluding hydrogens is 446 g/mol. The minimum atomic E-state index is -0.357. The fourth-order valence-electron chi connectivity index (χ4n) is 3.79. The minimum Gasteiger partial charge on any atom is -0.369 e. The molecule has 0 saturated carbocycles. The first-order valence-electron chi connectivity index (χ1n) is 10.5. The maximum atomic E-state index is 13.1. The summed E-state index contributed by atoms with van der Waals surface area (Å²) < 4.78 is 1.96. The Balaban J connectivity index is 1.58. The molecule has 166 valence electrons. The molecule has 0 spiro atoms. The van der Waals surface area contributed by atoms with Crippen LogP contribution < -0.4 is 5.73 Å². The van der Waals surface area contributed by atoms with Gasteiger partial charge in [-0.15, -0.1) is 10.2 Å². The molecule has 9 heteroatoms. The summed E-state index contributed by atoms with van der Waals surface area (Å²) in [6.45, 7) is 2.95. The van der Waals surface area contributed by atoms with Gasteiger partial charge >= 0.3 is 0 Å². The number of aromatic nitrogens is 3. The number of amides is 2. The van der Waals surface area contributed by atoms with Gasteiger partial charge in [0.1, 0.15) is 0 Å². The smallest absolute Gasteiger partial charge is 0.235 e. The maximum Gasteiger partial charge on any atom is 0.235 e. The van der Waals surface area contributed by atoms with Crippen LogP contribution in [0.1, 0.15) is 19.8 Å². The number of nitrogens with zero attached hydrogens (tertiary/aromatic N) is 4. The lowest BCUT2D eigenvalue weighted by atomic mass is 9.96. The van der Waals surface area contributed by atoms with Crippen LogP contribution in [0.4, 0.5) is 0 Å². The summed E-state index contributed by atoms with van der Waals surface area (Å²) in [5.74, 6) is 0.265. The van der Waals surface area contributed by atoms with E-state index in [0.717, 1.165) is 11.3 Å². The zero-order valence-electron chi connectivity index (χ0n) is 17.6. The third-order valence-electron chi connectivity index (χ3n) is 5.59. The highest BCUT2D eigenvalue weighted by Crippen LogP contribution is 2.31. The number of piperidine rings is 1. The van der Waals surface area contributed by atoms with E-state index in [0.29, 0.717) is 41.9 Å². The molecule has 0 aliphatic carbocycles. The second kappa shape index (κ2) is 9.75. The summed E-state index contributed by atoms with van der Waals surface area (Å²) in [5.41, 5.74) is 7.20. The first-order valence-corrected chi connectivity index (χ1v) is 11.7. The number of carbonyl (C=O) groups excluding carboxylic acids is 2. The number of benzene rings is 2. The molecule has 1 aromatic heterocycles. The molecule has 1 aliphatic rings. The van der Waals surface area contributed by atoms with Gasteiger partial charge in [0.25, 0.3) is 0 Å². The second-order valence-corrected chi connectivity index (χ2v) is 9.49. The molecule has 32 heavy (non-hydrogen) atoms. The van der Waals surface area contributed by atoms with Gasteiger partial charge in [0.15, 0.2) is 11.0 Å². The van der Waals surface area contributed by atoms with Crippen molar-refractivity contribution >= 4 is 35.2 Å². The highest BCUT2D eigenvalue weighted by atomic mass is 35.5. The largest absolute Gasteiger partial charge is 0.369 e. The van der Waals surface area contributed by atoms with Gasteiger partial charge in [0.05, 0.1) is 5.25 Å². The fraction of sp³-hybridized carbons (Fsp3) is 0.304. The van der Waals surface area contributed by atoms with E-state index in [-0.39, 0.29) is 23.0 Å². The molecule has 1 atom stereocenters. The normalized spacial score (nSPS) is 15.5. The van der Waals surface area contributed by atoms with E-state index < -0.39 is 0 Å². The monoisotopic (exact) mass is 469 g/mol. The molecule has 2 aromatic carbocycles. The van der Waals surface area contributed by atoms with E-state index in [1.807, 2.05) is 66.1 Å². The lowest BCUT2D eigenvalue weighted by molar-refractivity contribution is -0.134. The zero-order valence-corrected chi connectivity index (χ0v) is 19.2. The maximum absolute atomic E-state index is 13.1. The van der Waals surface area contributed by atoms with Crippen LogP contribution in [0.15, 0.2) is 59.8 Å². The number of carbonyl (C=O) groups is 2. The molecule has 0 radical (unpaired) electrons. The summed E-state index contributed by atoms with van der Waals surface area (Å²) in [6, 6.07) is 17.2. The topological polar surface area (TPSA) is 94.1 Å². The number of hydrogen-bond donors (Lipinski definition) is 1. The highest BCUT2D eigenvalue weighted by molar-refractivity contribution is 8.00. The minimum absolute atomic E-state index is 0.0218. The van der Waals surface area contributed by atoms with Crippen molar-refractivity contribution in [2.75, 3.05) is 13.1 Å². The Hall–Kier alpha value is -2.84. The molecule has 0 bridgehead atoms. The first-order chi connectivity index (χ1) is 15.4. The molecule has 1 fully saturated rings. The van der Waals surface area contributed by atoms with Gasteiger partial charge in [-0.25, -0.2) is 0 Å². The second-order valence-electron chi connectivity index (χ2n) is 7.75. The van der Waals surface area contributed by atoms with E-state index in [2.05, 4.69) is 10.2 Å². The Morgan fingerprint density at radius 2 is 1.72 bits per heavy atom. The number of thioether (sulfide) groups is 1. The summed E-state index contributed by atoms with van der Waals surface area (Å²) in [6.07, 6.45) is 1.22. The number of nitrogens with two attached hydrogens (primary N) is 1. The van der Waals surface area contributed by atoms with Crippen molar-refractivity contribution in [2.45, 2.75) is 30.2 Å².